The molecule has 4 N–H and O–H groups in total. The summed E-state index contributed by atoms with van der Waals surface area (Å²) >= 11 is 0. The van der Waals surface area contributed by atoms with Crippen molar-refractivity contribution in [3.63, 3.8) is 0 Å². The van der Waals surface area contributed by atoms with E-state index >= 15 is 0 Å². The van der Waals surface area contributed by atoms with Crippen molar-refractivity contribution in [3.8, 4) is 0 Å². The van der Waals surface area contributed by atoms with Crippen LogP contribution in [0.2, 0.25) is 0 Å². The molecule has 0 bridgehead atoms. The number of nitrogens with zero attached hydrogens (tertiary/aromatic N) is 1. The second-order valence-corrected chi connectivity index (χ2v) is 4.42. The van der Waals surface area contributed by atoms with Crippen LogP contribution in [0.25, 0.3) is 0 Å². The maximum absolute atomic E-state index is 11.5. The van der Waals surface area contributed by atoms with E-state index in [1.165, 1.54) is 6.92 Å². The van der Waals surface area contributed by atoms with Gasteiger partial charge in [0.2, 0.25) is 0 Å². The molecule has 98 valence electrons. The van der Waals surface area contributed by atoms with Crippen molar-refractivity contribution in [2.75, 3.05) is 20.1 Å². The van der Waals surface area contributed by atoms with Gasteiger partial charge in [0, 0.05) is 12.6 Å². The molecule has 0 aromatic heterocycles. The summed E-state index contributed by atoms with van der Waals surface area (Å²) in [5, 5.41) is 22.9. The van der Waals surface area contributed by atoms with Crippen molar-refractivity contribution >= 4 is 12.0 Å². The van der Waals surface area contributed by atoms with E-state index in [-0.39, 0.29) is 6.04 Å². The number of likely N-dealkylation sites (N-methyl/N-ethyl adjacent to an activating group) is 1. The number of carboxylic acids is 1. The third-order valence-electron chi connectivity index (χ3n) is 2.76. The van der Waals surface area contributed by atoms with Gasteiger partial charge in [0.15, 0.2) is 6.04 Å². The number of amides is 2. The van der Waals surface area contributed by atoms with E-state index in [9.17, 15) is 14.7 Å². The minimum Gasteiger partial charge on any atom is -0.480 e. The lowest BCUT2D eigenvalue weighted by atomic mass is 10.2. The van der Waals surface area contributed by atoms with Crippen LogP contribution >= 0.6 is 0 Å². The van der Waals surface area contributed by atoms with Gasteiger partial charge in [0.05, 0.1) is 6.10 Å². The second kappa shape index (κ2) is 5.83. The number of hydrogen-bond donors (Lipinski definition) is 4. The highest BCUT2D eigenvalue weighted by Crippen LogP contribution is 2.05. The first-order chi connectivity index (χ1) is 7.90. The molecular formula is C10H19N3O4. The van der Waals surface area contributed by atoms with E-state index in [4.69, 9.17) is 5.11 Å². The topological polar surface area (TPSA) is 102 Å². The Hall–Kier alpha value is -1.34. The number of nitrogens with one attached hydrogen (secondary N) is 2. The Morgan fingerprint density at radius 3 is 2.53 bits per heavy atom. The fourth-order valence-corrected chi connectivity index (χ4v) is 1.81. The van der Waals surface area contributed by atoms with Gasteiger partial charge in [0.25, 0.3) is 0 Å². The number of carbonyl (C=O) groups excluding carboxylic acids is 1. The summed E-state index contributed by atoms with van der Waals surface area (Å²) in [6.07, 6.45) is -0.291. The third-order valence-corrected chi connectivity index (χ3v) is 2.76. The van der Waals surface area contributed by atoms with Gasteiger partial charge in [-0.3, -0.25) is 0 Å². The van der Waals surface area contributed by atoms with Crippen molar-refractivity contribution in [3.05, 3.63) is 0 Å². The molecule has 17 heavy (non-hydrogen) atoms. The average molecular weight is 245 g/mol. The number of aliphatic hydroxyl groups is 1. The zero-order valence-electron chi connectivity index (χ0n) is 10.0. The monoisotopic (exact) mass is 245 g/mol. The number of aliphatic hydroxyl groups excluding tert-OH is 1. The predicted octanol–water partition coefficient (Wildman–Crippen LogP) is -1.18. The largest absolute Gasteiger partial charge is 0.480 e. The highest BCUT2D eigenvalue weighted by atomic mass is 16.4. The maximum atomic E-state index is 11.5. The van der Waals surface area contributed by atoms with Gasteiger partial charge in [-0.1, -0.05) is 0 Å². The van der Waals surface area contributed by atoms with Gasteiger partial charge in [-0.05, 0) is 26.9 Å². The van der Waals surface area contributed by atoms with E-state index in [1.807, 2.05) is 7.05 Å². The van der Waals surface area contributed by atoms with E-state index in [1.54, 1.807) is 0 Å². The van der Waals surface area contributed by atoms with Crippen molar-refractivity contribution in [1.82, 2.24) is 15.5 Å². The first kappa shape index (κ1) is 13.7. The van der Waals surface area contributed by atoms with Crippen LogP contribution in [0.3, 0.4) is 0 Å². The lowest BCUT2D eigenvalue weighted by molar-refractivity contribution is -0.141. The Labute approximate surface area is 99.8 Å². The summed E-state index contributed by atoms with van der Waals surface area (Å²) in [6, 6.07) is -1.81. The Morgan fingerprint density at radius 1 is 1.47 bits per heavy atom. The number of hydrogen-bond acceptors (Lipinski definition) is 4. The van der Waals surface area contributed by atoms with Gasteiger partial charge >= 0.3 is 12.0 Å². The predicted molar refractivity (Wildman–Crippen MR) is 60.7 cm³/mol. The number of carbonyl (C=O) groups is 2. The zero-order chi connectivity index (χ0) is 13.0. The Kier molecular flexibility index (Phi) is 4.71. The summed E-state index contributed by atoms with van der Waals surface area (Å²) in [4.78, 5) is 24.3. The minimum absolute atomic E-state index is 0.0310. The van der Waals surface area contributed by atoms with Crippen LogP contribution in [-0.2, 0) is 4.79 Å². The molecule has 0 saturated carbocycles. The Morgan fingerprint density at radius 2 is 2.12 bits per heavy atom. The average Bonchev–Trinajstić information content (AvgIpc) is 2.59. The molecule has 3 atom stereocenters. The number of rotatable bonds is 4. The molecule has 1 rings (SSSR count). The molecule has 1 fully saturated rings. The van der Waals surface area contributed by atoms with E-state index in [2.05, 4.69) is 15.5 Å². The third kappa shape index (κ3) is 4.20. The molecule has 0 radical (unpaired) electrons. The molecule has 3 unspecified atom stereocenters. The zero-order valence-corrected chi connectivity index (χ0v) is 10.0. The summed E-state index contributed by atoms with van der Waals surface area (Å²) < 4.78 is 0. The van der Waals surface area contributed by atoms with Gasteiger partial charge in [-0.25, -0.2) is 9.59 Å². The molecular weight excluding hydrogens is 226 g/mol. The Bertz CT molecular complexity index is 295. The van der Waals surface area contributed by atoms with E-state index < -0.39 is 24.1 Å². The van der Waals surface area contributed by atoms with Gasteiger partial charge in [-0.2, -0.15) is 0 Å². The molecule has 1 saturated heterocycles. The first-order valence-corrected chi connectivity index (χ1v) is 5.56. The normalized spacial score (nSPS) is 24.1. The fraction of sp³-hybridized carbons (Fsp3) is 0.800. The number of urea groups is 1. The van der Waals surface area contributed by atoms with Crippen LogP contribution in [-0.4, -0.2) is 65.4 Å². The lowest BCUT2D eigenvalue weighted by Gasteiger charge is -2.19. The van der Waals surface area contributed by atoms with E-state index in [0.717, 1.165) is 19.5 Å². The van der Waals surface area contributed by atoms with Crippen LogP contribution in [0, 0.1) is 0 Å². The maximum Gasteiger partial charge on any atom is 0.328 e. The summed E-state index contributed by atoms with van der Waals surface area (Å²) in [5.74, 6) is -1.25. The molecule has 7 nitrogen and oxygen atoms in total. The molecule has 7 heteroatoms. The molecule has 1 aliphatic heterocycles. The molecule has 0 aromatic carbocycles. The van der Waals surface area contributed by atoms with Crippen molar-refractivity contribution in [2.45, 2.75) is 31.5 Å². The number of likely N-dealkylation sites (tertiary alicyclic amines) is 1. The summed E-state index contributed by atoms with van der Waals surface area (Å²) in [7, 11) is 1.95. The SMILES string of the molecule is CC(O)C(NC(=O)NC1CCN(C)C1)C(=O)O. The molecule has 0 aromatic rings. The van der Waals surface area contributed by atoms with Crippen LogP contribution in [0.5, 0.6) is 0 Å². The second-order valence-electron chi connectivity index (χ2n) is 4.42. The van der Waals surface area contributed by atoms with Gasteiger partial charge in [0.1, 0.15) is 0 Å². The molecule has 1 heterocycles. The standard InChI is InChI=1S/C10H19N3O4/c1-6(14)8(9(15)16)12-10(17)11-7-3-4-13(2)5-7/h6-8,14H,3-5H2,1-2H3,(H,15,16)(H2,11,12,17). The van der Waals surface area contributed by atoms with Crippen molar-refractivity contribution < 1.29 is 19.8 Å². The lowest BCUT2D eigenvalue weighted by Crippen LogP contribution is -2.53. The van der Waals surface area contributed by atoms with Crippen LogP contribution in [0.1, 0.15) is 13.3 Å². The van der Waals surface area contributed by atoms with Crippen molar-refractivity contribution in [2.24, 2.45) is 0 Å². The van der Waals surface area contributed by atoms with Gasteiger partial charge < -0.3 is 25.7 Å². The smallest absolute Gasteiger partial charge is 0.328 e. The van der Waals surface area contributed by atoms with Crippen LogP contribution < -0.4 is 10.6 Å². The molecule has 0 spiro atoms. The minimum atomic E-state index is -1.28. The quantitative estimate of drug-likeness (QED) is 0.499. The molecule has 1 aliphatic rings. The summed E-state index contributed by atoms with van der Waals surface area (Å²) in [5.41, 5.74) is 0. The Balaban J connectivity index is 2.40. The molecule has 0 aliphatic carbocycles. The first-order valence-electron chi connectivity index (χ1n) is 5.56. The fourth-order valence-electron chi connectivity index (χ4n) is 1.81. The van der Waals surface area contributed by atoms with Crippen molar-refractivity contribution in [1.29, 1.82) is 0 Å². The number of carboxylic acid groups (broad SMARTS) is 1. The van der Waals surface area contributed by atoms with E-state index in [0.29, 0.717) is 0 Å². The van der Waals surface area contributed by atoms with Crippen LogP contribution in [0.4, 0.5) is 4.79 Å². The highest BCUT2D eigenvalue weighted by Gasteiger charge is 2.27. The number of aliphatic carboxylic acids is 1. The molecule has 2 amide bonds. The highest BCUT2D eigenvalue weighted by molar-refractivity contribution is 5.83. The van der Waals surface area contributed by atoms with Gasteiger partial charge in [-0.15, -0.1) is 0 Å². The van der Waals surface area contributed by atoms with Crippen LogP contribution in [0.15, 0.2) is 0 Å². The summed E-state index contributed by atoms with van der Waals surface area (Å²) in [6.45, 7) is 2.98.